The second kappa shape index (κ2) is 6.07. The maximum Gasteiger partial charge on any atom is 0.342 e. The highest BCUT2D eigenvalue weighted by atomic mass is 79.9. The van der Waals surface area contributed by atoms with Crippen LogP contribution in [0.25, 0.3) is 11.5 Å². The molecule has 0 amide bonds. The lowest BCUT2D eigenvalue weighted by molar-refractivity contribution is 0.0461. The van der Waals surface area contributed by atoms with Gasteiger partial charge in [-0.15, -0.1) is 0 Å². The van der Waals surface area contributed by atoms with E-state index in [2.05, 4.69) is 21.1 Å². The molecule has 3 rings (SSSR count). The Bertz CT molecular complexity index is 794. The zero-order valence-corrected chi connectivity index (χ0v) is 12.7. The molecule has 2 aromatic heterocycles. The third-order valence-electron chi connectivity index (χ3n) is 2.85. The summed E-state index contributed by atoms with van der Waals surface area (Å²) in [6, 6.07) is 9.59. The highest BCUT2D eigenvalue weighted by Crippen LogP contribution is 2.24. The molecule has 1 aromatic carbocycles. The summed E-state index contributed by atoms with van der Waals surface area (Å²) >= 11 is 3.23. The van der Waals surface area contributed by atoms with E-state index in [4.69, 9.17) is 13.7 Å². The van der Waals surface area contributed by atoms with Crippen LogP contribution in [0.15, 0.2) is 56.1 Å². The molecule has 0 spiro atoms. The third kappa shape index (κ3) is 3.04. The molecule has 6 nitrogen and oxygen atoms in total. The number of furan rings is 1. The summed E-state index contributed by atoms with van der Waals surface area (Å²) in [5.41, 5.74) is 0.512. The van der Waals surface area contributed by atoms with E-state index in [1.54, 1.807) is 24.3 Å². The molecule has 0 unspecified atom stereocenters. The minimum atomic E-state index is -0.652. The van der Waals surface area contributed by atoms with E-state index in [9.17, 15) is 9.90 Å². The molecule has 0 saturated carbocycles. The van der Waals surface area contributed by atoms with E-state index in [0.717, 1.165) is 0 Å². The number of carbonyl (C=O) groups excluding carboxylic acids is 1. The number of carbonyl (C=O) groups is 1. The second-order valence-electron chi connectivity index (χ2n) is 4.40. The molecule has 0 bridgehead atoms. The predicted molar refractivity (Wildman–Crippen MR) is 79.1 cm³/mol. The zero-order chi connectivity index (χ0) is 15.5. The number of rotatable bonds is 4. The average molecular weight is 364 g/mol. The molecular weight excluding hydrogens is 354 g/mol. The van der Waals surface area contributed by atoms with Gasteiger partial charge in [0.2, 0.25) is 5.76 Å². The van der Waals surface area contributed by atoms with Gasteiger partial charge in [-0.1, -0.05) is 21.1 Å². The number of ether oxygens (including phenoxy) is 1. The molecule has 22 heavy (non-hydrogen) atoms. The summed E-state index contributed by atoms with van der Waals surface area (Å²) in [7, 11) is 0. The van der Waals surface area contributed by atoms with Gasteiger partial charge in [-0.25, -0.2) is 4.79 Å². The summed E-state index contributed by atoms with van der Waals surface area (Å²) in [4.78, 5) is 11.9. The van der Waals surface area contributed by atoms with Crippen molar-refractivity contribution in [3.63, 3.8) is 0 Å². The van der Waals surface area contributed by atoms with E-state index in [-0.39, 0.29) is 17.9 Å². The van der Waals surface area contributed by atoms with E-state index >= 15 is 0 Å². The van der Waals surface area contributed by atoms with Crippen molar-refractivity contribution in [1.82, 2.24) is 5.16 Å². The lowest BCUT2D eigenvalue weighted by Crippen LogP contribution is -2.05. The first kappa shape index (κ1) is 14.4. The van der Waals surface area contributed by atoms with Crippen LogP contribution in [0.2, 0.25) is 0 Å². The Kier molecular flexibility index (Phi) is 3.97. The SMILES string of the molecule is O=C(OCc1cc(-c2ccco2)on1)c1cc(Br)ccc1O. The van der Waals surface area contributed by atoms with Gasteiger partial charge in [0.05, 0.1) is 6.26 Å². The van der Waals surface area contributed by atoms with Crippen LogP contribution in [0.1, 0.15) is 16.1 Å². The number of nitrogens with zero attached hydrogens (tertiary/aromatic N) is 1. The molecule has 0 fully saturated rings. The van der Waals surface area contributed by atoms with Gasteiger partial charge in [-0.3, -0.25) is 0 Å². The Hall–Kier alpha value is -2.54. The maximum atomic E-state index is 11.9. The third-order valence-corrected chi connectivity index (χ3v) is 3.35. The van der Waals surface area contributed by atoms with Gasteiger partial charge in [0.25, 0.3) is 0 Å². The number of phenolic OH excluding ortho intramolecular Hbond substituents is 1. The summed E-state index contributed by atoms with van der Waals surface area (Å²) in [6.07, 6.45) is 1.52. The van der Waals surface area contributed by atoms with Crippen LogP contribution in [0.3, 0.4) is 0 Å². The summed E-state index contributed by atoms with van der Waals surface area (Å²) in [5.74, 6) is 0.182. The average Bonchev–Trinajstić information content (AvgIpc) is 3.17. The van der Waals surface area contributed by atoms with Gasteiger partial charge in [0.15, 0.2) is 5.76 Å². The van der Waals surface area contributed by atoms with Crippen molar-refractivity contribution in [1.29, 1.82) is 0 Å². The number of aromatic nitrogens is 1. The number of hydrogen-bond acceptors (Lipinski definition) is 6. The summed E-state index contributed by atoms with van der Waals surface area (Å²) in [5, 5.41) is 13.5. The number of halogens is 1. The van der Waals surface area contributed by atoms with Gasteiger partial charge in [-0.2, -0.15) is 0 Å². The van der Waals surface area contributed by atoms with E-state index in [1.807, 2.05) is 0 Å². The van der Waals surface area contributed by atoms with Gasteiger partial charge >= 0.3 is 5.97 Å². The van der Waals surface area contributed by atoms with Crippen LogP contribution in [0.5, 0.6) is 5.75 Å². The molecule has 112 valence electrons. The van der Waals surface area contributed by atoms with Crippen molar-refractivity contribution < 1.29 is 23.6 Å². The van der Waals surface area contributed by atoms with Crippen molar-refractivity contribution in [2.75, 3.05) is 0 Å². The highest BCUT2D eigenvalue weighted by Gasteiger charge is 2.15. The Morgan fingerprint density at radius 2 is 2.14 bits per heavy atom. The van der Waals surface area contributed by atoms with Gasteiger partial charge < -0.3 is 18.8 Å². The van der Waals surface area contributed by atoms with Crippen LogP contribution >= 0.6 is 15.9 Å². The van der Waals surface area contributed by atoms with Crippen molar-refractivity contribution in [3.8, 4) is 17.3 Å². The van der Waals surface area contributed by atoms with Gasteiger partial charge in [0.1, 0.15) is 23.6 Å². The summed E-state index contributed by atoms with van der Waals surface area (Å²) in [6.45, 7) is -0.0744. The number of benzene rings is 1. The molecule has 0 aliphatic rings. The first-order chi connectivity index (χ1) is 10.6. The van der Waals surface area contributed by atoms with Crippen LogP contribution in [0.4, 0.5) is 0 Å². The fraction of sp³-hybridized carbons (Fsp3) is 0.0667. The van der Waals surface area contributed by atoms with Crippen molar-refractivity contribution in [3.05, 3.63) is 58.4 Å². The maximum absolute atomic E-state index is 11.9. The highest BCUT2D eigenvalue weighted by molar-refractivity contribution is 9.10. The second-order valence-corrected chi connectivity index (χ2v) is 5.31. The Morgan fingerprint density at radius 3 is 2.91 bits per heavy atom. The molecule has 1 N–H and O–H groups in total. The number of esters is 1. The van der Waals surface area contributed by atoms with Crippen molar-refractivity contribution in [2.45, 2.75) is 6.61 Å². The monoisotopic (exact) mass is 363 g/mol. The first-order valence-electron chi connectivity index (χ1n) is 6.28. The van der Waals surface area contributed by atoms with Crippen molar-refractivity contribution >= 4 is 21.9 Å². The van der Waals surface area contributed by atoms with Crippen LogP contribution in [-0.4, -0.2) is 16.2 Å². The van der Waals surface area contributed by atoms with Crippen LogP contribution in [-0.2, 0) is 11.3 Å². The molecule has 0 atom stereocenters. The standard InChI is InChI=1S/C15H10BrNO5/c16-9-3-4-12(18)11(6-9)15(19)21-8-10-7-14(22-17-10)13-2-1-5-20-13/h1-7,18H,8H2. The molecular formula is C15H10BrNO5. The minimum Gasteiger partial charge on any atom is -0.507 e. The number of phenols is 1. The molecule has 3 aromatic rings. The Morgan fingerprint density at radius 1 is 1.27 bits per heavy atom. The molecule has 0 saturated heterocycles. The Balaban J connectivity index is 1.67. The van der Waals surface area contributed by atoms with Crippen LogP contribution < -0.4 is 0 Å². The molecule has 0 aliphatic heterocycles. The molecule has 0 aliphatic carbocycles. The van der Waals surface area contributed by atoms with E-state index in [1.165, 1.54) is 18.4 Å². The molecule has 0 radical (unpaired) electrons. The smallest absolute Gasteiger partial charge is 0.342 e. The van der Waals surface area contributed by atoms with E-state index in [0.29, 0.717) is 21.7 Å². The number of aromatic hydroxyl groups is 1. The summed E-state index contributed by atoms with van der Waals surface area (Å²) < 4.78 is 16.0. The van der Waals surface area contributed by atoms with E-state index < -0.39 is 5.97 Å². The fourth-order valence-corrected chi connectivity index (χ4v) is 2.16. The number of hydrogen-bond donors (Lipinski definition) is 1. The van der Waals surface area contributed by atoms with Gasteiger partial charge in [0, 0.05) is 10.5 Å². The lowest BCUT2D eigenvalue weighted by atomic mass is 10.2. The molecule has 7 heteroatoms. The largest absolute Gasteiger partial charge is 0.507 e. The zero-order valence-electron chi connectivity index (χ0n) is 11.2. The van der Waals surface area contributed by atoms with Crippen LogP contribution in [0, 0.1) is 0 Å². The van der Waals surface area contributed by atoms with Gasteiger partial charge in [-0.05, 0) is 30.3 Å². The quantitative estimate of drug-likeness (QED) is 0.710. The lowest BCUT2D eigenvalue weighted by Gasteiger charge is -2.05. The first-order valence-corrected chi connectivity index (χ1v) is 7.08. The normalized spacial score (nSPS) is 10.6. The predicted octanol–water partition coefficient (Wildman–Crippen LogP) is 3.76. The molecule has 2 heterocycles. The topological polar surface area (TPSA) is 85.7 Å². The Labute approximate surface area is 133 Å². The van der Waals surface area contributed by atoms with Crippen molar-refractivity contribution in [2.24, 2.45) is 0 Å². The fourth-order valence-electron chi connectivity index (χ4n) is 1.80. The minimum absolute atomic E-state index is 0.0733.